The average molecular weight is 891 g/mol. The zero-order valence-electron chi connectivity index (χ0n) is 34.6. The van der Waals surface area contributed by atoms with Gasteiger partial charge < -0.3 is 10.2 Å². The Morgan fingerprint density at radius 1 is 0.804 bits per heavy atom. The van der Waals surface area contributed by atoms with Crippen molar-refractivity contribution in [1.82, 2.24) is 0 Å². The van der Waals surface area contributed by atoms with Crippen LogP contribution in [0.1, 0.15) is 141 Å². The summed E-state index contributed by atoms with van der Waals surface area (Å²) in [7, 11) is 0. The number of alkyl halides is 2. The predicted molar refractivity (Wildman–Crippen MR) is 214 cm³/mol. The van der Waals surface area contributed by atoms with Crippen molar-refractivity contribution >= 4 is 4.40 Å². The molecule has 0 radical (unpaired) electrons. The minimum absolute atomic E-state index is 0.156. The Balaban J connectivity index is 0.000000276. The molecule has 0 aliphatic heterocycles. The summed E-state index contributed by atoms with van der Waals surface area (Å²) in [5.74, 6) is 2.19. The van der Waals surface area contributed by atoms with Gasteiger partial charge in [0.15, 0.2) is 0 Å². The molecule has 0 saturated heterocycles. The number of hydrogen-bond donors (Lipinski definition) is 2. The van der Waals surface area contributed by atoms with Crippen molar-refractivity contribution in [1.29, 1.82) is 0 Å². The number of phenols is 2. The van der Waals surface area contributed by atoms with Crippen LogP contribution in [-0.4, -0.2) is 29.0 Å². The second kappa shape index (κ2) is 18.1. The number of aryl methyl sites for hydroxylation is 2. The molecule has 0 amide bonds. The summed E-state index contributed by atoms with van der Waals surface area (Å²) in [6.07, 6.45) is 5.68. The second-order valence-corrected chi connectivity index (χ2v) is 23.0. The summed E-state index contributed by atoms with van der Waals surface area (Å²) in [4.78, 5) is 0. The average Bonchev–Trinajstić information content (AvgIpc) is 3.04. The molecule has 0 aromatic heterocycles. The van der Waals surface area contributed by atoms with Gasteiger partial charge in [-0.2, -0.15) is 0 Å². The molecule has 1 fully saturated rings. The molecule has 1 aliphatic rings. The van der Waals surface area contributed by atoms with Crippen LogP contribution in [0, 0.1) is 39.5 Å². The first-order chi connectivity index (χ1) is 23.6. The van der Waals surface area contributed by atoms with Crippen LogP contribution in [0.15, 0.2) is 46.0 Å². The van der Waals surface area contributed by atoms with Crippen molar-refractivity contribution in [3.05, 3.63) is 81.4 Å². The SMILES string of the molecule is CCC[I-]C1CCCC(C(C)C)C1[N]=[Mo]=[CH]C(C)(C)c1ccccc1.Cc1cc(C(C)(C)C)c(O)c(-c2c(C)c(C)cc(C(C)(C)C)c2O)c1C. The number of phenolic OH excluding ortho intramolecular Hbond substituents is 2. The van der Waals surface area contributed by atoms with Gasteiger partial charge in [0.1, 0.15) is 11.5 Å². The monoisotopic (exact) mass is 892 g/mol. The van der Waals surface area contributed by atoms with Crippen molar-refractivity contribution in [3.8, 4) is 22.6 Å². The molecule has 3 atom stereocenters. The molecule has 0 heterocycles. The topological polar surface area (TPSA) is 52.8 Å². The summed E-state index contributed by atoms with van der Waals surface area (Å²) in [5.41, 5.74) is 8.84. The van der Waals surface area contributed by atoms with Gasteiger partial charge in [0.05, 0.1) is 0 Å². The van der Waals surface area contributed by atoms with E-state index in [4.69, 9.17) is 3.50 Å². The minimum Gasteiger partial charge on any atom is -0.507 e. The van der Waals surface area contributed by atoms with E-state index >= 15 is 0 Å². The van der Waals surface area contributed by atoms with Gasteiger partial charge in [-0.15, -0.1) is 0 Å². The fourth-order valence-electron chi connectivity index (χ4n) is 7.18. The zero-order valence-corrected chi connectivity index (χ0v) is 38.8. The van der Waals surface area contributed by atoms with E-state index in [1.54, 1.807) is 0 Å². The van der Waals surface area contributed by atoms with Gasteiger partial charge in [0, 0.05) is 22.3 Å². The van der Waals surface area contributed by atoms with Crippen molar-refractivity contribution < 1.29 is 49.3 Å². The van der Waals surface area contributed by atoms with Gasteiger partial charge in [-0.1, -0.05) is 53.7 Å². The third-order valence-corrected chi connectivity index (χ3v) is 17.5. The molecule has 51 heavy (non-hydrogen) atoms. The van der Waals surface area contributed by atoms with Gasteiger partial charge >= 0.3 is 175 Å². The molecule has 3 nitrogen and oxygen atoms in total. The predicted octanol–water partition coefficient (Wildman–Crippen LogP) is 9.32. The van der Waals surface area contributed by atoms with E-state index in [1.807, 2.05) is 13.8 Å². The van der Waals surface area contributed by atoms with Crippen LogP contribution in [0.3, 0.4) is 0 Å². The van der Waals surface area contributed by atoms with Crippen LogP contribution in [0.5, 0.6) is 11.5 Å². The van der Waals surface area contributed by atoms with Crippen molar-refractivity contribution in [2.24, 2.45) is 15.3 Å². The maximum atomic E-state index is 11.2. The Labute approximate surface area is 331 Å². The van der Waals surface area contributed by atoms with Crippen LogP contribution in [0.25, 0.3) is 11.1 Å². The number of hydrogen-bond acceptors (Lipinski definition) is 3. The molecular weight excluding hydrogens is 821 g/mol. The molecule has 1 saturated carbocycles. The van der Waals surface area contributed by atoms with Crippen molar-refractivity contribution in [3.63, 3.8) is 0 Å². The van der Waals surface area contributed by atoms with Gasteiger partial charge in [0.2, 0.25) is 0 Å². The Kier molecular flexibility index (Phi) is 15.5. The summed E-state index contributed by atoms with van der Waals surface area (Å²) in [6.45, 7) is 32.7. The molecule has 3 aromatic carbocycles. The van der Waals surface area contributed by atoms with Gasteiger partial charge in [-0.05, 0) is 60.8 Å². The van der Waals surface area contributed by atoms with Crippen LogP contribution in [0.4, 0.5) is 0 Å². The van der Waals surface area contributed by atoms with Crippen LogP contribution in [-0.2, 0) is 34.2 Å². The van der Waals surface area contributed by atoms with Gasteiger partial charge in [0.25, 0.3) is 0 Å². The number of benzene rings is 3. The maximum Gasteiger partial charge on any atom is 0.127 e. The molecule has 5 heteroatoms. The first kappa shape index (κ1) is 43.8. The van der Waals surface area contributed by atoms with E-state index in [-0.39, 0.29) is 27.7 Å². The van der Waals surface area contributed by atoms with Crippen molar-refractivity contribution in [2.75, 3.05) is 4.43 Å². The van der Waals surface area contributed by atoms with E-state index in [2.05, 4.69) is 137 Å². The second-order valence-electron chi connectivity index (χ2n) is 17.8. The summed E-state index contributed by atoms with van der Waals surface area (Å²) in [5, 5.41) is 22.4. The number of rotatable bonds is 8. The molecule has 3 aromatic rings. The van der Waals surface area contributed by atoms with Crippen LogP contribution in [0.2, 0.25) is 0 Å². The Morgan fingerprint density at radius 2 is 1.29 bits per heavy atom. The van der Waals surface area contributed by atoms with Crippen LogP contribution < -0.4 is 21.2 Å². The van der Waals surface area contributed by atoms with E-state index in [9.17, 15) is 10.2 Å². The smallest absolute Gasteiger partial charge is 0.127 e. The first-order valence-electron chi connectivity index (χ1n) is 19.1. The maximum absolute atomic E-state index is 11.2. The summed E-state index contributed by atoms with van der Waals surface area (Å²) in [6, 6.07) is 15.8. The van der Waals surface area contributed by atoms with E-state index in [0.29, 0.717) is 27.2 Å². The van der Waals surface area contributed by atoms with Gasteiger partial charge in [-0.25, -0.2) is 0 Å². The molecule has 3 unspecified atom stereocenters. The van der Waals surface area contributed by atoms with E-state index in [1.165, 1.54) is 35.7 Å². The zero-order chi connectivity index (χ0) is 38.5. The standard InChI is InChI=1S/C24H34O2.C12H23IN.C10H12.Mo/c1-13-11-17(23(5,6)7)21(25)19(15(13)3)20-16(4)14(2)12-18(22(20)26)24(8,9)10;1-4-8-13-11-7-5-6-10(9(2)3)12(11)14;1-10(2,3)9-7-5-4-6-8-9;/h11-12,25-26H,1-10H3;9-12H,4-8H2,1-3H3;1,4-8H,2-3H3;/q;-1;;. The normalized spacial score (nSPS) is 18.3. The molecule has 2 N–H and O–H groups in total. The fourth-order valence-corrected chi connectivity index (χ4v) is 13.5. The van der Waals surface area contributed by atoms with E-state index in [0.717, 1.165) is 60.3 Å². The molecule has 0 bridgehead atoms. The largest absolute Gasteiger partial charge is 0.507 e. The Morgan fingerprint density at radius 3 is 1.73 bits per heavy atom. The number of halogens is 1. The fraction of sp³-hybridized carbons (Fsp3) is 0.587. The number of aromatic hydroxyl groups is 2. The third kappa shape index (κ3) is 11.0. The van der Waals surface area contributed by atoms with Crippen LogP contribution >= 0.6 is 0 Å². The number of nitrogens with zero attached hydrogens (tertiary/aromatic N) is 1. The molecule has 4 rings (SSSR count). The van der Waals surface area contributed by atoms with E-state index < -0.39 is 17.9 Å². The third-order valence-electron chi connectivity index (χ3n) is 10.7. The van der Waals surface area contributed by atoms with Crippen molar-refractivity contribution in [2.45, 2.75) is 156 Å². The molecule has 0 spiro atoms. The Bertz CT molecular complexity index is 1610. The minimum atomic E-state index is -0.394. The first-order valence-corrected chi connectivity index (χ1v) is 24.0. The molecular formula is C46H69IMoNO2-. The summed E-state index contributed by atoms with van der Waals surface area (Å²) < 4.78 is 10.4. The molecule has 1 aliphatic carbocycles. The van der Waals surface area contributed by atoms with Gasteiger partial charge in [-0.3, -0.25) is 0 Å². The molecule has 284 valence electrons. The summed E-state index contributed by atoms with van der Waals surface area (Å²) >= 11 is -0.0612. The Hall–Kier alpha value is -1.65. The quantitative estimate of drug-likeness (QED) is 0.135.